The summed E-state index contributed by atoms with van der Waals surface area (Å²) in [7, 11) is 0. The predicted molar refractivity (Wildman–Crippen MR) is 73.8 cm³/mol. The zero-order valence-electron chi connectivity index (χ0n) is 11.6. The van der Waals surface area contributed by atoms with Crippen LogP contribution < -0.4 is 5.73 Å². The van der Waals surface area contributed by atoms with Gasteiger partial charge >= 0.3 is 0 Å². The third kappa shape index (κ3) is 3.11. The number of ether oxygens (including phenoxy) is 1. The van der Waals surface area contributed by atoms with Crippen molar-refractivity contribution in [1.29, 1.82) is 0 Å². The molecule has 2 rings (SSSR count). The van der Waals surface area contributed by atoms with Gasteiger partial charge in [-0.25, -0.2) is 0 Å². The third-order valence-corrected chi connectivity index (χ3v) is 3.78. The van der Waals surface area contributed by atoms with Crippen LogP contribution in [0.5, 0.6) is 0 Å². The summed E-state index contributed by atoms with van der Waals surface area (Å²) in [6, 6.07) is 1.73. The van der Waals surface area contributed by atoms with E-state index in [0.717, 1.165) is 18.7 Å². The molecule has 1 saturated heterocycles. The average Bonchev–Trinajstić information content (AvgIpc) is 2.42. The number of rotatable bonds is 4. The summed E-state index contributed by atoms with van der Waals surface area (Å²) >= 11 is 0. The first-order chi connectivity index (χ1) is 9.01. The molecule has 5 nitrogen and oxygen atoms in total. The third-order valence-electron chi connectivity index (χ3n) is 3.78. The second-order valence-corrected chi connectivity index (χ2v) is 5.33. The molecule has 0 radical (unpaired) electrons. The molecule has 1 aliphatic rings. The molecular formula is C14H21N3O2. The summed E-state index contributed by atoms with van der Waals surface area (Å²) in [5.41, 5.74) is 6.80. The van der Waals surface area contributed by atoms with Gasteiger partial charge in [-0.3, -0.25) is 14.7 Å². The Morgan fingerprint density at radius 2 is 2.16 bits per heavy atom. The van der Waals surface area contributed by atoms with Gasteiger partial charge < -0.3 is 10.5 Å². The molecular weight excluding hydrogens is 242 g/mol. The van der Waals surface area contributed by atoms with Gasteiger partial charge in [0, 0.05) is 43.2 Å². The van der Waals surface area contributed by atoms with Gasteiger partial charge in [-0.1, -0.05) is 0 Å². The molecule has 1 aromatic rings. The number of nitrogens with two attached hydrogens (primary N) is 1. The van der Waals surface area contributed by atoms with E-state index < -0.39 is 5.54 Å². The number of morpholine rings is 1. The normalized spacial score (nSPS) is 17.4. The molecule has 0 unspecified atom stereocenters. The van der Waals surface area contributed by atoms with Crippen molar-refractivity contribution in [3.8, 4) is 0 Å². The number of Topliss-reactive ketones (excluding diaryl/α,β-unsaturated/α-hetero) is 1. The summed E-state index contributed by atoms with van der Waals surface area (Å²) in [6.45, 7) is 6.89. The number of carbonyl (C=O) groups excluding carboxylic acids is 1. The highest BCUT2D eigenvalue weighted by molar-refractivity contribution is 5.90. The Labute approximate surface area is 113 Å². The Hall–Kier alpha value is -1.46. The average molecular weight is 263 g/mol. The highest BCUT2D eigenvalue weighted by Crippen LogP contribution is 2.21. The van der Waals surface area contributed by atoms with Crippen molar-refractivity contribution in [3.05, 3.63) is 24.0 Å². The van der Waals surface area contributed by atoms with Crippen molar-refractivity contribution in [2.45, 2.75) is 25.8 Å². The van der Waals surface area contributed by atoms with E-state index in [2.05, 4.69) is 9.88 Å². The standard InChI is InChI=1S/C14H21N3O2/c1-14(2,17-5-7-19-8-6-17)13(18)9-11-10-16-4-3-12(11)15/h3-4,10H,5-9H2,1-2H3,(H2,15,16). The van der Waals surface area contributed by atoms with Crippen molar-refractivity contribution in [2.24, 2.45) is 0 Å². The van der Waals surface area contributed by atoms with E-state index in [1.807, 2.05) is 13.8 Å². The van der Waals surface area contributed by atoms with Gasteiger partial charge in [-0.15, -0.1) is 0 Å². The van der Waals surface area contributed by atoms with Gasteiger partial charge in [-0.2, -0.15) is 0 Å². The van der Waals surface area contributed by atoms with Crippen LogP contribution in [0.2, 0.25) is 0 Å². The molecule has 0 bridgehead atoms. The molecule has 0 atom stereocenters. The Balaban J connectivity index is 2.08. The molecule has 0 aromatic carbocycles. The Morgan fingerprint density at radius 3 is 2.79 bits per heavy atom. The lowest BCUT2D eigenvalue weighted by Crippen LogP contribution is -2.54. The minimum absolute atomic E-state index is 0.161. The van der Waals surface area contributed by atoms with Gasteiger partial charge in [0.2, 0.25) is 0 Å². The summed E-state index contributed by atoms with van der Waals surface area (Å²) < 4.78 is 5.33. The summed E-state index contributed by atoms with van der Waals surface area (Å²) in [6.07, 6.45) is 3.63. The number of ketones is 1. The second kappa shape index (κ2) is 5.67. The van der Waals surface area contributed by atoms with Gasteiger partial charge in [0.15, 0.2) is 5.78 Å². The summed E-state index contributed by atoms with van der Waals surface area (Å²) in [5.74, 6) is 0.161. The van der Waals surface area contributed by atoms with Crippen LogP contribution >= 0.6 is 0 Å². The minimum atomic E-state index is -0.494. The summed E-state index contributed by atoms with van der Waals surface area (Å²) in [4.78, 5) is 18.7. The zero-order chi connectivity index (χ0) is 13.9. The topological polar surface area (TPSA) is 68.5 Å². The number of nitrogen functional groups attached to an aromatic ring is 1. The van der Waals surface area contributed by atoms with E-state index in [4.69, 9.17) is 10.5 Å². The van der Waals surface area contributed by atoms with Crippen molar-refractivity contribution >= 4 is 11.5 Å². The van der Waals surface area contributed by atoms with Crippen LogP contribution in [0.15, 0.2) is 18.5 Å². The molecule has 0 spiro atoms. The van der Waals surface area contributed by atoms with E-state index in [1.165, 1.54) is 0 Å². The first-order valence-corrected chi connectivity index (χ1v) is 6.56. The molecule has 5 heteroatoms. The van der Waals surface area contributed by atoms with E-state index in [-0.39, 0.29) is 5.78 Å². The second-order valence-electron chi connectivity index (χ2n) is 5.33. The van der Waals surface area contributed by atoms with Crippen LogP contribution in [0, 0.1) is 0 Å². The molecule has 1 aromatic heterocycles. The Morgan fingerprint density at radius 1 is 1.47 bits per heavy atom. The van der Waals surface area contributed by atoms with Gasteiger partial charge in [0.05, 0.1) is 18.8 Å². The number of hydrogen-bond donors (Lipinski definition) is 1. The van der Waals surface area contributed by atoms with Gasteiger partial charge in [-0.05, 0) is 19.9 Å². The van der Waals surface area contributed by atoms with Crippen molar-refractivity contribution < 1.29 is 9.53 Å². The maximum absolute atomic E-state index is 12.5. The van der Waals surface area contributed by atoms with Gasteiger partial charge in [0.25, 0.3) is 0 Å². The lowest BCUT2D eigenvalue weighted by Gasteiger charge is -2.39. The van der Waals surface area contributed by atoms with Gasteiger partial charge in [0.1, 0.15) is 0 Å². The maximum Gasteiger partial charge on any atom is 0.157 e. The van der Waals surface area contributed by atoms with Crippen molar-refractivity contribution in [3.63, 3.8) is 0 Å². The van der Waals surface area contributed by atoms with E-state index >= 15 is 0 Å². The lowest BCUT2D eigenvalue weighted by molar-refractivity contribution is -0.131. The summed E-state index contributed by atoms with van der Waals surface area (Å²) in [5, 5.41) is 0. The molecule has 2 N–H and O–H groups in total. The number of hydrogen-bond acceptors (Lipinski definition) is 5. The molecule has 104 valence electrons. The van der Waals surface area contributed by atoms with Crippen LogP contribution in [0.25, 0.3) is 0 Å². The Kier molecular flexibility index (Phi) is 4.17. The highest BCUT2D eigenvalue weighted by atomic mass is 16.5. The van der Waals surface area contributed by atoms with Crippen LogP contribution in [-0.2, 0) is 16.0 Å². The number of nitrogens with zero attached hydrogens (tertiary/aromatic N) is 2. The van der Waals surface area contributed by atoms with Crippen molar-refractivity contribution in [2.75, 3.05) is 32.0 Å². The fraction of sp³-hybridized carbons (Fsp3) is 0.571. The van der Waals surface area contributed by atoms with Crippen molar-refractivity contribution in [1.82, 2.24) is 9.88 Å². The van der Waals surface area contributed by atoms with E-state index in [9.17, 15) is 4.79 Å². The first-order valence-electron chi connectivity index (χ1n) is 6.56. The van der Waals surface area contributed by atoms with Crippen LogP contribution in [0.1, 0.15) is 19.4 Å². The molecule has 0 aliphatic carbocycles. The molecule has 1 fully saturated rings. The molecule has 1 aliphatic heterocycles. The van der Waals surface area contributed by atoms with Crippen LogP contribution in [0.3, 0.4) is 0 Å². The zero-order valence-corrected chi connectivity index (χ0v) is 11.6. The Bertz CT molecular complexity index is 454. The number of carbonyl (C=O) groups is 1. The number of pyridine rings is 1. The fourth-order valence-corrected chi connectivity index (χ4v) is 2.27. The van der Waals surface area contributed by atoms with E-state index in [1.54, 1.807) is 18.5 Å². The largest absolute Gasteiger partial charge is 0.398 e. The molecule has 0 saturated carbocycles. The first kappa shape index (κ1) is 14.0. The SMILES string of the molecule is CC(C)(C(=O)Cc1cnccc1N)N1CCOCC1. The highest BCUT2D eigenvalue weighted by Gasteiger charge is 2.35. The molecule has 0 amide bonds. The quantitative estimate of drug-likeness (QED) is 0.873. The lowest BCUT2D eigenvalue weighted by atomic mass is 9.91. The molecule has 2 heterocycles. The monoisotopic (exact) mass is 263 g/mol. The predicted octanol–water partition coefficient (Wildman–Crippen LogP) is 0.886. The maximum atomic E-state index is 12.5. The van der Waals surface area contributed by atoms with Crippen LogP contribution in [-0.4, -0.2) is 47.5 Å². The minimum Gasteiger partial charge on any atom is -0.398 e. The number of aromatic nitrogens is 1. The molecule has 19 heavy (non-hydrogen) atoms. The fourth-order valence-electron chi connectivity index (χ4n) is 2.27. The van der Waals surface area contributed by atoms with E-state index in [0.29, 0.717) is 25.3 Å². The smallest absolute Gasteiger partial charge is 0.157 e. The number of anilines is 1. The van der Waals surface area contributed by atoms with Crippen LogP contribution in [0.4, 0.5) is 5.69 Å².